The first-order valence-electron chi connectivity index (χ1n) is 12.2. The Bertz CT molecular complexity index is 1700. The number of halogens is 1. The number of fused-ring (bicyclic) bond motifs is 1. The Morgan fingerprint density at radius 1 is 1.28 bits per heavy atom. The highest BCUT2D eigenvalue weighted by atomic mass is 32.1. The molecule has 5 rings (SSSR count). The fourth-order valence-electron chi connectivity index (χ4n) is 4.75. The number of hydrogen-bond donors (Lipinski definition) is 1. The summed E-state index contributed by atoms with van der Waals surface area (Å²) >= 11 is 1.16. The standard InChI is InChI=1S/C26H25FN6O5S/c1-4-5-12-38-20(17-13-16(27)6-7-19(17)37-3)14-31-25-21(15(2)24(39-25)33-29-10-11-30-33)23(35)32(26(31)36)18-8-9-28-22(18)34/h1,6-7,10-11,13,18,20H,5,8-9,12,14H2,2-3H3,(H,28,34)/t18-,20+/m1/s1. The summed E-state index contributed by atoms with van der Waals surface area (Å²) in [6.45, 7) is 2.11. The van der Waals surface area contributed by atoms with Gasteiger partial charge < -0.3 is 14.8 Å². The molecule has 13 heteroatoms. The molecule has 4 aromatic rings. The molecule has 4 heterocycles. The van der Waals surface area contributed by atoms with Crippen molar-refractivity contribution in [3.8, 4) is 23.1 Å². The fourth-order valence-corrected chi connectivity index (χ4v) is 5.97. The second-order valence-corrected chi connectivity index (χ2v) is 9.87. The summed E-state index contributed by atoms with van der Waals surface area (Å²) in [4.78, 5) is 42.1. The minimum Gasteiger partial charge on any atom is -0.496 e. The van der Waals surface area contributed by atoms with Crippen molar-refractivity contribution in [1.82, 2.24) is 29.4 Å². The van der Waals surface area contributed by atoms with E-state index in [2.05, 4.69) is 21.4 Å². The SMILES string of the molecule is C#CCCO[C@@H](Cn1c(=O)n([C@@H]2CCNC2=O)c(=O)c2c(C)c(-n3nccn3)sc21)c1cc(F)ccc1OC. The van der Waals surface area contributed by atoms with E-state index in [9.17, 15) is 18.8 Å². The van der Waals surface area contributed by atoms with Gasteiger partial charge in [-0.3, -0.25) is 14.2 Å². The highest BCUT2D eigenvalue weighted by molar-refractivity contribution is 7.21. The molecule has 0 aliphatic carbocycles. The minimum atomic E-state index is -0.962. The Labute approximate surface area is 225 Å². The first-order chi connectivity index (χ1) is 18.8. The molecule has 0 unspecified atom stereocenters. The summed E-state index contributed by atoms with van der Waals surface area (Å²) in [5, 5.41) is 11.9. The lowest BCUT2D eigenvalue weighted by atomic mass is 10.1. The molecule has 0 bridgehead atoms. The van der Waals surface area contributed by atoms with Crippen molar-refractivity contribution in [3.63, 3.8) is 0 Å². The number of aryl methyl sites for hydroxylation is 1. The summed E-state index contributed by atoms with van der Waals surface area (Å²) in [5.74, 6) is 1.94. The van der Waals surface area contributed by atoms with Crippen LogP contribution in [0.25, 0.3) is 15.2 Å². The molecule has 1 aliphatic heterocycles. The van der Waals surface area contributed by atoms with E-state index in [0.29, 0.717) is 33.3 Å². The van der Waals surface area contributed by atoms with Crippen LogP contribution in [0.2, 0.25) is 0 Å². The van der Waals surface area contributed by atoms with Crippen LogP contribution in [0.1, 0.15) is 36.1 Å². The number of nitrogens with zero attached hydrogens (tertiary/aromatic N) is 5. The Morgan fingerprint density at radius 3 is 2.72 bits per heavy atom. The van der Waals surface area contributed by atoms with Crippen LogP contribution < -0.4 is 21.3 Å². The third-order valence-corrected chi connectivity index (χ3v) is 7.88. The molecule has 39 heavy (non-hydrogen) atoms. The van der Waals surface area contributed by atoms with Crippen LogP contribution in [0, 0.1) is 25.1 Å². The van der Waals surface area contributed by atoms with Gasteiger partial charge in [0.15, 0.2) is 0 Å². The summed E-state index contributed by atoms with van der Waals surface area (Å²) in [6, 6.07) is 3.05. The Kier molecular flexibility index (Phi) is 7.32. The maximum absolute atomic E-state index is 14.4. The van der Waals surface area contributed by atoms with Gasteiger partial charge in [0.2, 0.25) is 5.91 Å². The number of rotatable bonds is 9. The van der Waals surface area contributed by atoms with Crippen LogP contribution in [0.3, 0.4) is 0 Å². The first kappa shape index (κ1) is 26.3. The molecule has 2 atom stereocenters. The molecule has 0 saturated carbocycles. The van der Waals surface area contributed by atoms with Crippen LogP contribution >= 0.6 is 11.3 Å². The number of terminal acetylenes is 1. The van der Waals surface area contributed by atoms with Gasteiger partial charge in [-0.2, -0.15) is 10.2 Å². The average Bonchev–Trinajstić information content (AvgIpc) is 3.67. The molecule has 11 nitrogen and oxygen atoms in total. The van der Waals surface area contributed by atoms with Gasteiger partial charge in [-0.1, -0.05) is 11.3 Å². The van der Waals surface area contributed by atoms with Crippen molar-refractivity contribution < 1.29 is 18.7 Å². The number of aromatic nitrogens is 5. The lowest BCUT2D eigenvalue weighted by Gasteiger charge is -2.23. The van der Waals surface area contributed by atoms with E-state index in [1.807, 2.05) is 0 Å². The van der Waals surface area contributed by atoms with Crippen LogP contribution in [0.4, 0.5) is 4.39 Å². The predicted octanol–water partition coefficient (Wildman–Crippen LogP) is 2.10. The maximum Gasteiger partial charge on any atom is 0.332 e. The molecule has 0 radical (unpaired) electrons. The Hall–Kier alpha value is -4.28. The second-order valence-electron chi connectivity index (χ2n) is 8.89. The number of hydrogen-bond acceptors (Lipinski definition) is 8. The van der Waals surface area contributed by atoms with Crippen molar-refractivity contribution in [2.75, 3.05) is 20.3 Å². The lowest BCUT2D eigenvalue weighted by molar-refractivity contribution is -0.122. The summed E-state index contributed by atoms with van der Waals surface area (Å²) in [7, 11) is 1.45. The Morgan fingerprint density at radius 2 is 2.05 bits per heavy atom. The number of carbonyl (C=O) groups excluding carboxylic acids is 1. The molecular weight excluding hydrogens is 527 g/mol. The van der Waals surface area contributed by atoms with E-state index < -0.39 is 35.1 Å². The zero-order chi connectivity index (χ0) is 27.7. The topological polar surface area (TPSA) is 122 Å². The molecule has 1 fully saturated rings. The quantitative estimate of drug-likeness (QED) is 0.249. The molecule has 1 N–H and O–H groups in total. The number of benzene rings is 1. The zero-order valence-electron chi connectivity index (χ0n) is 21.2. The van der Waals surface area contributed by atoms with E-state index in [4.69, 9.17) is 15.9 Å². The second kappa shape index (κ2) is 10.8. The molecule has 1 aromatic carbocycles. The lowest BCUT2D eigenvalue weighted by Crippen LogP contribution is -2.44. The van der Waals surface area contributed by atoms with Gasteiger partial charge in [0.1, 0.15) is 33.5 Å². The van der Waals surface area contributed by atoms with Gasteiger partial charge in [0.05, 0.1) is 38.0 Å². The van der Waals surface area contributed by atoms with Gasteiger partial charge >= 0.3 is 5.69 Å². The zero-order valence-corrected chi connectivity index (χ0v) is 22.0. The largest absolute Gasteiger partial charge is 0.496 e. The highest BCUT2D eigenvalue weighted by Gasteiger charge is 2.32. The number of carbonyl (C=O) groups is 1. The van der Waals surface area contributed by atoms with Gasteiger partial charge in [0.25, 0.3) is 5.56 Å². The average molecular weight is 553 g/mol. The van der Waals surface area contributed by atoms with Crippen LogP contribution in [0.5, 0.6) is 5.75 Å². The van der Waals surface area contributed by atoms with Gasteiger partial charge in [-0.15, -0.1) is 17.1 Å². The number of amides is 1. The molecule has 0 spiro atoms. The van der Waals surface area contributed by atoms with E-state index >= 15 is 0 Å². The number of methoxy groups -OCH3 is 1. The number of nitrogens with one attached hydrogen (secondary N) is 1. The summed E-state index contributed by atoms with van der Waals surface area (Å²) in [5.41, 5.74) is -0.330. The van der Waals surface area contributed by atoms with Gasteiger partial charge in [0, 0.05) is 24.1 Å². The van der Waals surface area contributed by atoms with Gasteiger partial charge in [-0.25, -0.2) is 13.8 Å². The fraction of sp³-hybridized carbons (Fsp3) is 0.346. The molecule has 1 aliphatic rings. The van der Waals surface area contributed by atoms with Crippen molar-refractivity contribution in [1.29, 1.82) is 0 Å². The third-order valence-electron chi connectivity index (χ3n) is 6.60. The minimum absolute atomic E-state index is 0.111. The molecular formula is C26H25FN6O5S. The van der Waals surface area contributed by atoms with Crippen LogP contribution in [0.15, 0.2) is 40.2 Å². The van der Waals surface area contributed by atoms with Crippen molar-refractivity contribution in [2.45, 2.75) is 38.5 Å². The molecule has 3 aromatic heterocycles. The van der Waals surface area contributed by atoms with E-state index in [1.165, 1.54) is 47.1 Å². The van der Waals surface area contributed by atoms with E-state index in [0.717, 1.165) is 15.9 Å². The maximum atomic E-state index is 14.4. The molecule has 1 amide bonds. The van der Waals surface area contributed by atoms with Gasteiger partial charge in [-0.05, 0) is 31.5 Å². The highest BCUT2D eigenvalue weighted by Crippen LogP contribution is 2.34. The summed E-state index contributed by atoms with van der Waals surface area (Å²) in [6.07, 6.45) is 8.12. The monoisotopic (exact) mass is 552 g/mol. The molecule has 202 valence electrons. The van der Waals surface area contributed by atoms with E-state index in [1.54, 1.807) is 6.92 Å². The molecule has 1 saturated heterocycles. The van der Waals surface area contributed by atoms with E-state index in [-0.39, 0.29) is 31.4 Å². The third kappa shape index (κ3) is 4.73. The van der Waals surface area contributed by atoms with Crippen LogP contribution in [-0.2, 0) is 16.1 Å². The number of ether oxygens (including phenoxy) is 2. The normalized spacial score (nSPS) is 15.8. The van der Waals surface area contributed by atoms with Crippen molar-refractivity contribution in [3.05, 3.63) is 68.4 Å². The van der Waals surface area contributed by atoms with Crippen molar-refractivity contribution >= 4 is 27.5 Å². The first-order valence-corrected chi connectivity index (χ1v) is 13.0. The predicted molar refractivity (Wildman–Crippen MR) is 142 cm³/mol. The van der Waals surface area contributed by atoms with Crippen LogP contribution in [-0.4, -0.2) is 50.3 Å². The number of thiophene rings is 1. The van der Waals surface area contributed by atoms with Crippen molar-refractivity contribution in [2.24, 2.45) is 0 Å². The summed E-state index contributed by atoms with van der Waals surface area (Å²) < 4.78 is 28.3. The smallest absolute Gasteiger partial charge is 0.332 e. The Balaban J connectivity index is 1.75.